The van der Waals surface area contributed by atoms with Crippen molar-refractivity contribution >= 4 is 21.8 Å². The predicted octanol–water partition coefficient (Wildman–Crippen LogP) is 2.91. The molecule has 7 nitrogen and oxygen atoms in total. The van der Waals surface area contributed by atoms with Gasteiger partial charge in [0.2, 0.25) is 5.91 Å². The number of carbonyl (C=O) groups is 2. The Labute approximate surface area is 177 Å². The summed E-state index contributed by atoms with van der Waals surface area (Å²) in [5, 5.41) is -0.984. The van der Waals surface area contributed by atoms with E-state index in [1.165, 1.54) is 28.0 Å². The Morgan fingerprint density at radius 2 is 1.80 bits per heavy atom. The summed E-state index contributed by atoms with van der Waals surface area (Å²) < 4.78 is 45.2. The molecule has 2 amide bonds. The van der Waals surface area contributed by atoms with Crippen LogP contribution in [0.5, 0.6) is 0 Å². The van der Waals surface area contributed by atoms with Gasteiger partial charge >= 0.3 is 6.09 Å². The summed E-state index contributed by atoms with van der Waals surface area (Å²) in [4.78, 5) is 28.6. The molecule has 2 fully saturated rings. The average Bonchev–Trinajstić information content (AvgIpc) is 3.07. The minimum Gasteiger partial charge on any atom is -0.444 e. The number of hydrogen-bond donors (Lipinski definition) is 0. The zero-order chi connectivity index (χ0) is 22.1. The number of likely N-dealkylation sites (tertiary alicyclic amines) is 1. The molecule has 1 aromatic rings. The minimum atomic E-state index is -3.62. The van der Waals surface area contributed by atoms with Crippen LogP contribution in [-0.2, 0) is 19.4 Å². The Bertz CT molecular complexity index is 912. The molecule has 1 aromatic carbocycles. The number of amides is 2. The van der Waals surface area contributed by atoms with Crippen LogP contribution in [-0.4, -0.2) is 67.2 Å². The minimum absolute atomic E-state index is 0.0325. The number of halogens is 1. The van der Waals surface area contributed by atoms with Gasteiger partial charge in [0.15, 0.2) is 9.84 Å². The topological polar surface area (TPSA) is 84.0 Å². The summed E-state index contributed by atoms with van der Waals surface area (Å²) in [5.41, 5.74) is -0.528. The van der Waals surface area contributed by atoms with Gasteiger partial charge in [-0.2, -0.15) is 0 Å². The lowest BCUT2D eigenvalue weighted by Crippen LogP contribution is -2.49. The Kier molecular flexibility index (Phi) is 6.40. The highest BCUT2D eigenvalue weighted by atomic mass is 32.2. The fraction of sp³-hybridized carbons (Fsp3) is 0.619. The van der Waals surface area contributed by atoms with Crippen molar-refractivity contribution in [1.29, 1.82) is 0 Å². The molecule has 0 spiro atoms. The first kappa shape index (κ1) is 22.5. The van der Waals surface area contributed by atoms with E-state index in [1.807, 2.05) is 0 Å². The van der Waals surface area contributed by atoms with Crippen LogP contribution >= 0.6 is 0 Å². The lowest BCUT2D eigenvalue weighted by Gasteiger charge is -2.31. The molecule has 2 unspecified atom stereocenters. The van der Waals surface area contributed by atoms with Crippen molar-refractivity contribution in [2.24, 2.45) is 0 Å². The highest BCUT2D eigenvalue weighted by Gasteiger charge is 2.41. The van der Waals surface area contributed by atoms with Gasteiger partial charge in [0, 0.05) is 25.2 Å². The molecule has 2 aliphatic heterocycles. The van der Waals surface area contributed by atoms with Gasteiger partial charge in [0.05, 0.1) is 11.0 Å². The number of carbonyl (C=O) groups excluding carboxylic acids is 2. The number of benzene rings is 1. The van der Waals surface area contributed by atoms with Gasteiger partial charge in [0.25, 0.3) is 0 Å². The smallest absolute Gasteiger partial charge is 0.410 e. The van der Waals surface area contributed by atoms with Crippen molar-refractivity contribution in [3.63, 3.8) is 0 Å². The molecule has 9 heteroatoms. The maximum absolute atomic E-state index is 14.2. The summed E-state index contributed by atoms with van der Waals surface area (Å²) in [5.74, 6) is -1.07. The van der Waals surface area contributed by atoms with Crippen molar-refractivity contribution in [3.05, 3.63) is 35.6 Å². The maximum Gasteiger partial charge on any atom is 0.410 e. The van der Waals surface area contributed by atoms with Crippen LogP contribution < -0.4 is 0 Å². The van der Waals surface area contributed by atoms with Crippen molar-refractivity contribution in [1.82, 2.24) is 9.80 Å². The molecule has 0 aliphatic carbocycles. The van der Waals surface area contributed by atoms with Gasteiger partial charge in [-0.15, -0.1) is 0 Å². The van der Waals surface area contributed by atoms with E-state index in [-0.39, 0.29) is 36.7 Å². The zero-order valence-corrected chi connectivity index (χ0v) is 18.5. The normalized spacial score (nSPS) is 24.4. The molecule has 2 aliphatic rings. The number of nitrogens with zero attached hydrogens (tertiary/aromatic N) is 2. The van der Waals surface area contributed by atoms with E-state index in [0.29, 0.717) is 19.4 Å². The van der Waals surface area contributed by atoms with Crippen LogP contribution in [0, 0.1) is 5.82 Å². The molecular weight excluding hydrogens is 411 g/mol. The van der Waals surface area contributed by atoms with E-state index in [9.17, 15) is 22.4 Å². The van der Waals surface area contributed by atoms with E-state index >= 15 is 0 Å². The summed E-state index contributed by atoms with van der Waals surface area (Å²) in [6.45, 7) is 5.94. The highest BCUT2D eigenvalue weighted by molar-refractivity contribution is 7.91. The van der Waals surface area contributed by atoms with Crippen molar-refractivity contribution in [2.75, 3.05) is 25.4 Å². The van der Waals surface area contributed by atoms with Crippen molar-refractivity contribution < 1.29 is 27.1 Å². The molecule has 0 aromatic heterocycles. The second-order valence-electron chi connectivity index (χ2n) is 8.82. The summed E-state index contributed by atoms with van der Waals surface area (Å²) >= 11 is 0. The maximum atomic E-state index is 14.2. The summed E-state index contributed by atoms with van der Waals surface area (Å²) in [7, 11) is -3.62. The lowest BCUT2D eigenvalue weighted by molar-refractivity contribution is -0.135. The Hall–Kier alpha value is -2.16. The van der Waals surface area contributed by atoms with Gasteiger partial charge < -0.3 is 9.64 Å². The third-order valence-electron chi connectivity index (χ3n) is 5.47. The van der Waals surface area contributed by atoms with E-state index in [1.54, 1.807) is 26.8 Å². The van der Waals surface area contributed by atoms with Crippen LogP contribution in [0.2, 0.25) is 0 Å². The van der Waals surface area contributed by atoms with Gasteiger partial charge in [0.1, 0.15) is 17.5 Å². The highest BCUT2D eigenvalue weighted by Crippen LogP contribution is 2.32. The molecule has 0 saturated carbocycles. The first-order valence-corrected chi connectivity index (χ1v) is 12.0. The Morgan fingerprint density at radius 1 is 1.10 bits per heavy atom. The first-order valence-electron chi connectivity index (χ1n) is 10.2. The second kappa shape index (κ2) is 8.53. The number of sulfone groups is 1. The van der Waals surface area contributed by atoms with E-state index in [2.05, 4.69) is 0 Å². The predicted molar refractivity (Wildman–Crippen MR) is 110 cm³/mol. The molecular formula is C21H29FN2O5S. The number of rotatable bonds is 2. The molecule has 2 heterocycles. The lowest BCUT2D eigenvalue weighted by atomic mass is 10.1. The van der Waals surface area contributed by atoms with Crippen LogP contribution in [0.4, 0.5) is 9.18 Å². The third kappa shape index (κ3) is 4.94. The SMILES string of the molecule is CC(C)(C)OC(=O)N1CCCC1C(=O)N1CCC(c2ccccc2F)S(=O)(=O)CC1. The van der Waals surface area contributed by atoms with Gasteiger partial charge in [-0.05, 0) is 46.1 Å². The van der Waals surface area contributed by atoms with Gasteiger partial charge in [-0.1, -0.05) is 18.2 Å². The van der Waals surface area contributed by atoms with Crippen molar-refractivity contribution in [2.45, 2.75) is 56.9 Å². The molecule has 2 saturated heterocycles. The number of ether oxygens (including phenoxy) is 1. The largest absolute Gasteiger partial charge is 0.444 e. The van der Waals surface area contributed by atoms with Gasteiger partial charge in [-0.25, -0.2) is 17.6 Å². The molecule has 0 bridgehead atoms. The van der Waals surface area contributed by atoms with E-state index in [4.69, 9.17) is 4.74 Å². The van der Waals surface area contributed by atoms with Crippen LogP contribution in [0.15, 0.2) is 24.3 Å². The van der Waals surface area contributed by atoms with Crippen LogP contribution in [0.1, 0.15) is 50.8 Å². The fourth-order valence-electron chi connectivity index (χ4n) is 4.02. The monoisotopic (exact) mass is 440 g/mol. The summed E-state index contributed by atoms with van der Waals surface area (Å²) in [6.07, 6.45) is 0.774. The van der Waals surface area contributed by atoms with E-state index in [0.717, 1.165) is 0 Å². The molecule has 0 N–H and O–H groups in total. The molecule has 0 radical (unpaired) electrons. The fourth-order valence-corrected chi connectivity index (χ4v) is 5.82. The zero-order valence-electron chi connectivity index (χ0n) is 17.6. The summed E-state index contributed by atoms with van der Waals surface area (Å²) in [6, 6.07) is 5.20. The standard InChI is InChI=1S/C21H29FN2O5S/c1-21(2,3)29-20(26)24-11-6-9-17(24)19(25)23-12-10-18(30(27,28)14-13-23)15-7-4-5-8-16(15)22/h4-5,7-8,17-18H,6,9-14H2,1-3H3. The first-order chi connectivity index (χ1) is 14.0. The Balaban J connectivity index is 1.75. The van der Waals surface area contributed by atoms with Crippen molar-refractivity contribution in [3.8, 4) is 0 Å². The molecule has 3 rings (SSSR count). The molecule has 166 valence electrons. The molecule has 30 heavy (non-hydrogen) atoms. The van der Waals surface area contributed by atoms with E-state index < -0.39 is 38.6 Å². The quantitative estimate of drug-likeness (QED) is 0.706. The van der Waals surface area contributed by atoms with Crippen LogP contribution in [0.25, 0.3) is 0 Å². The van der Waals surface area contributed by atoms with Gasteiger partial charge in [-0.3, -0.25) is 9.69 Å². The average molecular weight is 441 g/mol. The second-order valence-corrected chi connectivity index (χ2v) is 11.1. The van der Waals surface area contributed by atoms with Crippen LogP contribution in [0.3, 0.4) is 0 Å². The molecule has 2 atom stereocenters. The third-order valence-corrected chi connectivity index (χ3v) is 7.58. The Morgan fingerprint density at radius 3 is 2.47 bits per heavy atom. The number of hydrogen-bond acceptors (Lipinski definition) is 5.